The Morgan fingerprint density at radius 3 is 2.33 bits per heavy atom. The molecular weight excluding hydrogens is 240 g/mol. The van der Waals surface area contributed by atoms with Crippen LogP contribution in [0.1, 0.15) is 24.2 Å². The molecule has 0 aliphatic carbocycles. The van der Waals surface area contributed by atoms with Gasteiger partial charge in [-0.3, -0.25) is 4.79 Å². The molecule has 0 heterocycles. The van der Waals surface area contributed by atoms with Crippen molar-refractivity contribution < 1.29 is 18.3 Å². The van der Waals surface area contributed by atoms with Crippen LogP contribution in [0, 0.1) is 11.6 Å². The summed E-state index contributed by atoms with van der Waals surface area (Å²) >= 11 is 0. The van der Waals surface area contributed by atoms with E-state index < -0.39 is 11.6 Å². The van der Waals surface area contributed by atoms with Gasteiger partial charge in [0.25, 0.3) is 0 Å². The van der Waals surface area contributed by atoms with Crippen molar-refractivity contribution in [2.24, 2.45) is 0 Å². The molecule has 0 aliphatic rings. The lowest BCUT2D eigenvalue weighted by molar-refractivity contribution is 0.112. The molecule has 0 fully saturated rings. The number of nitrogens with zero attached hydrogens (tertiary/aromatic N) is 1. The van der Waals surface area contributed by atoms with Gasteiger partial charge < -0.3 is 9.64 Å². The van der Waals surface area contributed by atoms with Gasteiger partial charge in [-0.15, -0.1) is 0 Å². The third kappa shape index (κ3) is 3.50. The molecule has 0 N–H and O–H groups in total. The van der Waals surface area contributed by atoms with Crippen LogP contribution in [0.25, 0.3) is 0 Å². The van der Waals surface area contributed by atoms with Crippen LogP contribution in [0.4, 0.5) is 14.5 Å². The van der Waals surface area contributed by atoms with Crippen LogP contribution in [-0.2, 0) is 4.74 Å². The molecule has 3 nitrogen and oxygen atoms in total. The summed E-state index contributed by atoms with van der Waals surface area (Å²) in [6.07, 6.45) is 0.423. The first-order chi connectivity index (χ1) is 8.63. The zero-order chi connectivity index (χ0) is 13.5. The molecule has 0 saturated heterocycles. The smallest absolute Gasteiger partial charge is 0.150 e. The molecule has 0 unspecified atom stereocenters. The van der Waals surface area contributed by atoms with Gasteiger partial charge in [0, 0.05) is 25.3 Å². The fourth-order valence-electron chi connectivity index (χ4n) is 1.70. The minimum atomic E-state index is -0.726. The molecule has 0 aliphatic heterocycles. The van der Waals surface area contributed by atoms with Crippen molar-refractivity contribution in [2.45, 2.75) is 13.8 Å². The Balaban J connectivity index is 2.94. The third-order valence-electron chi connectivity index (χ3n) is 2.58. The number of halogens is 2. The second-order valence-corrected chi connectivity index (χ2v) is 3.73. The van der Waals surface area contributed by atoms with Crippen molar-refractivity contribution >= 4 is 12.0 Å². The van der Waals surface area contributed by atoms with Crippen molar-refractivity contribution in [3.63, 3.8) is 0 Å². The maximum Gasteiger partial charge on any atom is 0.150 e. The number of hydrogen-bond donors (Lipinski definition) is 0. The fourth-order valence-corrected chi connectivity index (χ4v) is 1.70. The van der Waals surface area contributed by atoms with E-state index >= 15 is 0 Å². The van der Waals surface area contributed by atoms with Gasteiger partial charge >= 0.3 is 0 Å². The van der Waals surface area contributed by atoms with E-state index in [-0.39, 0.29) is 11.3 Å². The molecule has 0 bridgehead atoms. The summed E-state index contributed by atoms with van der Waals surface area (Å²) in [5, 5.41) is 0. The Labute approximate surface area is 105 Å². The number of aldehydes is 1. The molecule has 1 aromatic rings. The summed E-state index contributed by atoms with van der Waals surface area (Å²) in [4.78, 5) is 12.1. The van der Waals surface area contributed by atoms with Crippen molar-refractivity contribution in [2.75, 3.05) is 31.2 Å². The summed E-state index contributed by atoms with van der Waals surface area (Å²) < 4.78 is 32.7. The van der Waals surface area contributed by atoms with Gasteiger partial charge in [-0.2, -0.15) is 0 Å². The van der Waals surface area contributed by atoms with Crippen molar-refractivity contribution in [3.05, 3.63) is 29.3 Å². The lowest BCUT2D eigenvalue weighted by Crippen LogP contribution is -2.29. The summed E-state index contributed by atoms with van der Waals surface area (Å²) in [6.45, 7) is 5.49. The van der Waals surface area contributed by atoms with Gasteiger partial charge in [0.15, 0.2) is 0 Å². The first-order valence-electron chi connectivity index (χ1n) is 5.90. The molecule has 0 amide bonds. The van der Waals surface area contributed by atoms with E-state index in [1.54, 1.807) is 11.8 Å². The quantitative estimate of drug-likeness (QED) is 0.555. The van der Waals surface area contributed by atoms with Crippen molar-refractivity contribution in [1.29, 1.82) is 0 Å². The van der Waals surface area contributed by atoms with Gasteiger partial charge in [-0.1, -0.05) is 0 Å². The van der Waals surface area contributed by atoms with E-state index in [1.165, 1.54) is 0 Å². The van der Waals surface area contributed by atoms with E-state index in [0.29, 0.717) is 32.6 Å². The molecule has 0 aromatic heterocycles. The number of benzene rings is 1. The Kier molecular flexibility index (Phi) is 5.71. The number of ether oxygens (including phenoxy) is 1. The molecule has 1 aromatic carbocycles. The van der Waals surface area contributed by atoms with Crippen LogP contribution in [0.2, 0.25) is 0 Å². The predicted molar refractivity (Wildman–Crippen MR) is 66.1 cm³/mol. The summed E-state index contributed by atoms with van der Waals surface area (Å²) in [5.41, 5.74) is -0.114. The van der Waals surface area contributed by atoms with Gasteiger partial charge in [-0.25, -0.2) is 8.78 Å². The first-order valence-corrected chi connectivity index (χ1v) is 5.90. The van der Waals surface area contributed by atoms with Gasteiger partial charge in [0.1, 0.15) is 23.6 Å². The molecular formula is C13H17F2NO2. The standard InChI is InChI=1S/C13H17F2NO2/c1-3-16(5-6-18-4-2)13-11(14)7-10(9-17)8-12(13)15/h7-9H,3-6H2,1-2H3. The van der Waals surface area contributed by atoms with E-state index in [1.807, 2.05) is 6.92 Å². The van der Waals surface area contributed by atoms with Gasteiger partial charge in [0.2, 0.25) is 0 Å². The zero-order valence-electron chi connectivity index (χ0n) is 10.6. The molecule has 5 heteroatoms. The highest BCUT2D eigenvalue weighted by atomic mass is 19.1. The van der Waals surface area contributed by atoms with Crippen LogP contribution >= 0.6 is 0 Å². The molecule has 0 spiro atoms. The Morgan fingerprint density at radius 1 is 1.28 bits per heavy atom. The van der Waals surface area contributed by atoms with E-state index in [0.717, 1.165) is 12.1 Å². The monoisotopic (exact) mass is 257 g/mol. The van der Waals surface area contributed by atoms with E-state index in [9.17, 15) is 13.6 Å². The first kappa shape index (κ1) is 14.6. The molecule has 18 heavy (non-hydrogen) atoms. The number of rotatable bonds is 7. The Morgan fingerprint density at radius 2 is 1.89 bits per heavy atom. The average molecular weight is 257 g/mol. The number of likely N-dealkylation sites (N-methyl/N-ethyl adjacent to an activating group) is 1. The zero-order valence-corrected chi connectivity index (χ0v) is 10.6. The summed E-state index contributed by atoms with van der Waals surface area (Å²) in [5.74, 6) is -1.45. The number of carbonyl (C=O) groups is 1. The summed E-state index contributed by atoms with van der Waals surface area (Å²) in [7, 11) is 0. The highest BCUT2D eigenvalue weighted by Crippen LogP contribution is 2.24. The fraction of sp³-hybridized carbons (Fsp3) is 0.462. The highest BCUT2D eigenvalue weighted by Gasteiger charge is 2.16. The van der Waals surface area contributed by atoms with Crippen molar-refractivity contribution in [3.8, 4) is 0 Å². The number of hydrogen-bond acceptors (Lipinski definition) is 3. The van der Waals surface area contributed by atoms with Crippen molar-refractivity contribution in [1.82, 2.24) is 0 Å². The largest absolute Gasteiger partial charge is 0.380 e. The third-order valence-corrected chi connectivity index (χ3v) is 2.58. The maximum atomic E-state index is 13.8. The number of carbonyl (C=O) groups excluding carboxylic acids is 1. The van der Waals surface area contributed by atoms with Crippen LogP contribution in [0.5, 0.6) is 0 Å². The number of anilines is 1. The van der Waals surface area contributed by atoms with Crippen LogP contribution in [-0.4, -0.2) is 32.6 Å². The average Bonchev–Trinajstić information content (AvgIpc) is 2.35. The second kappa shape index (κ2) is 7.06. The molecule has 1 rings (SSSR count). The Hall–Kier alpha value is -1.49. The minimum Gasteiger partial charge on any atom is -0.380 e. The lowest BCUT2D eigenvalue weighted by atomic mass is 10.2. The summed E-state index contributed by atoms with van der Waals surface area (Å²) in [6, 6.07) is 2.07. The molecule has 0 saturated carbocycles. The van der Waals surface area contributed by atoms with Crippen LogP contribution in [0.3, 0.4) is 0 Å². The normalized spacial score (nSPS) is 10.4. The molecule has 100 valence electrons. The second-order valence-electron chi connectivity index (χ2n) is 3.73. The topological polar surface area (TPSA) is 29.5 Å². The van der Waals surface area contributed by atoms with Gasteiger partial charge in [0.05, 0.1) is 6.61 Å². The van der Waals surface area contributed by atoms with Crippen LogP contribution in [0.15, 0.2) is 12.1 Å². The Bertz CT molecular complexity index is 387. The van der Waals surface area contributed by atoms with Gasteiger partial charge in [-0.05, 0) is 26.0 Å². The maximum absolute atomic E-state index is 13.8. The van der Waals surface area contributed by atoms with E-state index in [2.05, 4.69) is 0 Å². The predicted octanol–water partition coefficient (Wildman–Crippen LogP) is 2.64. The molecule has 0 atom stereocenters. The SMILES string of the molecule is CCOCCN(CC)c1c(F)cc(C=O)cc1F. The lowest BCUT2D eigenvalue weighted by Gasteiger charge is -2.24. The van der Waals surface area contributed by atoms with E-state index in [4.69, 9.17) is 4.74 Å². The highest BCUT2D eigenvalue weighted by molar-refractivity contribution is 5.76. The minimum absolute atomic E-state index is 0.00499. The van der Waals surface area contributed by atoms with Crippen LogP contribution < -0.4 is 4.90 Å². The molecule has 0 radical (unpaired) electrons.